The molecule has 0 amide bonds. The van der Waals surface area contributed by atoms with Crippen LogP contribution >= 0.6 is 0 Å². The third kappa shape index (κ3) is 6.80. The van der Waals surface area contributed by atoms with Gasteiger partial charge in [-0.2, -0.15) is 0 Å². The van der Waals surface area contributed by atoms with Crippen molar-refractivity contribution in [3.8, 4) is 45.4 Å². The molecule has 4 heteroatoms. The molecule has 0 radical (unpaired) electrons. The predicted molar refractivity (Wildman–Crippen MR) is 158 cm³/mol. The molecule has 4 aromatic rings. The number of phenols is 1. The van der Waals surface area contributed by atoms with Crippen LogP contribution in [-0.2, 0) is 0 Å². The molecule has 0 aliphatic rings. The fourth-order valence-electron chi connectivity index (χ4n) is 4.90. The number of aromatic nitrogens is 2. The van der Waals surface area contributed by atoms with Gasteiger partial charge in [0.25, 0.3) is 0 Å². The molecule has 0 unspecified atom stereocenters. The van der Waals surface area contributed by atoms with Crippen LogP contribution in [0.15, 0.2) is 60.7 Å². The highest BCUT2D eigenvalue weighted by atomic mass is 16.5. The molecular weight excluding hydrogens is 468 g/mol. The van der Waals surface area contributed by atoms with E-state index in [0.717, 1.165) is 34.4 Å². The molecule has 1 aromatic heterocycles. The number of benzene rings is 3. The van der Waals surface area contributed by atoms with Crippen molar-refractivity contribution in [3.63, 3.8) is 0 Å². The molecule has 0 spiro atoms. The number of rotatable bonds is 11. The van der Waals surface area contributed by atoms with Gasteiger partial charge in [-0.3, -0.25) is 0 Å². The second-order valence-electron chi connectivity index (χ2n) is 10.4. The number of hydrogen-bond acceptors (Lipinski definition) is 4. The first-order valence-electron chi connectivity index (χ1n) is 13.9. The van der Waals surface area contributed by atoms with Crippen molar-refractivity contribution in [3.05, 3.63) is 82.9 Å². The first-order chi connectivity index (χ1) is 18.4. The fourth-order valence-corrected chi connectivity index (χ4v) is 4.90. The van der Waals surface area contributed by atoms with E-state index in [-0.39, 0.29) is 5.75 Å². The van der Waals surface area contributed by atoms with Crippen molar-refractivity contribution in [1.29, 1.82) is 0 Å². The minimum Gasteiger partial charge on any atom is -0.507 e. The van der Waals surface area contributed by atoms with E-state index in [2.05, 4.69) is 71.0 Å². The lowest BCUT2D eigenvalue weighted by molar-refractivity contribution is 0.303. The SMILES string of the molecule is CCCCCCCCOc1ccc(-c2cc(-c3ccc(C)cc3C)nc(-c3ccc(C)cc3C)n2)c(O)c1. The van der Waals surface area contributed by atoms with Gasteiger partial charge in [-0.1, -0.05) is 86.6 Å². The molecule has 1 N–H and O–H groups in total. The number of nitrogens with zero attached hydrogens (tertiary/aromatic N) is 2. The van der Waals surface area contributed by atoms with E-state index in [9.17, 15) is 5.11 Å². The van der Waals surface area contributed by atoms with Crippen molar-refractivity contribution >= 4 is 0 Å². The summed E-state index contributed by atoms with van der Waals surface area (Å²) in [6, 6.07) is 20.2. The minimum absolute atomic E-state index is 0.155. The summed E-state index contributed by atoms with van der Waals surface area (Å²) in [5.41, 5.74) is 8.92. The molecule has 0 aliphatic heterocycles. The lowest BCUT2D eigenvalue weighted by atomic mass is 10.00. The highest BCUT2D eigenvalue weighted by Gasteiger charge is 2.16. The summed E-state index contributed by atoms with van der Waals surface area (Å²) >= 11 is 0. The van der Waals surface area contributed by atoms with Crippen LogP contribution in [0.25, 0.3) is 33.9 Å². The Kier molecular flexibility index (Phi) is 9.17. The minimum atomic E-state index is 0.155. The molecule has 4 nitrogen and oxygen atoms in total. The number of hydrogen-bond donors (Lipinski definition) is 1. The van der Waals surface area contributed by atoms with E-state index >= 15 is 0 Å². The van der Waals surface area contributed by atoms with Crippen LogP contribution in [0.3, 0.4) is 0 Å². The largest absolute Gasteiger partial charge is 0.507 e. The normalized spacial score (nSPS) is 11.1. The van der Waals surface area contributed by atoms with E-state index < -0.39 is 0 Å². The van der Waals surface area contributed by atoms with E-state index in [0.29, 0.717) is 29.4 Å². The average Bonchev–Trinajstić information content (AvgIpc) is 2.88. The molecule has 1 heterocycles. The molecule has 0 saturated heterocycles. The maximum absolute atomic E-state index is 11.0. The molecule has 0 atom stereocenters. The number of phenolic OH excluding ortho intramolecular Hbond substituents is 1. The van der Waals surface area contributed by atoms with E-state index in [1.807, 2.05) is 18.2 Å². The number of ether oxygens (including phenoxy) is 1. The molecule has 0 saturated carbocycles. The maximum atomic E-state index is 11.0. The summed E-state index contributed by atoms with van der Waals surface area (Å²) in [7, 11) is 0. The second-order valence-corrected chi connectivity index (χ2v) is 10.4. The summed E-state index contributed by atoms with van der Waals surface area (Å²) in [5, 5.41) is 11.0. The molecule has 38 heavy (non-hydrogen) atoms. The Morgan fingerprint density at radius 2 is 1.21 bits per heavy atom. The highest BCUT2D eigenvalue weighted by molar-refractivity contribution is 5.76. The van der Waals surface area contributed by atoms with E-state index in [1.165, 1.54) is 43.2 Å². The summed E-state index contributed by atoms with van der Waals surface area (Å²) in [5.74, 6) is 1.48. The van der Waals surface area contributed by atoms with Gasteiger partial charge in [0.2, 0.25) is 0 Å². The van der Waals surface area contributed by atoms with Crippen LogP contribution in [-0.4, -0.2) is 21.7 Å². The zero-order valence-electron chi connectivity index (χ0n) is 23.5. The van der Waals surface area contributed by atoms with Crippen LogP contribution in [0, 0.1) is 27.7 Å². The topological polar surface area (TPSA) is 55.2 Å². The Hall–Kier alpha value is -3.66. The fraction of sp³-hybridized carbons (Fsp3) is 0.353. The quantitative estimate of drug-likeness (QED) is 0.205. The zero-order valence-corrected chi connectivity index (χ0v) is 23.5. The molecule has 0 fully saturated rings. The summed E-state index contributed by atoms with van der Waals surface area (Å²) in [6.07, 6.45) is 7.30. The maximum Gasteiger partial charge on any atom is 0.160 e. The van der Waals surface area contributed by atoms with E-state index in [1.54, 1.807) is 6.07 Å². The van der Waals surface area contributed by atoms with Gasteiger partial charge in [-0.25, -0.2) is 9.97 Å². The van der Waals surface area contributed by atoms with Crippen molar-refractivity contribution in [2.45, 2.75) is 73.1 Å². The number of aromatic hydroxyl groups is 1. The van der Waals surface area contributed by atoms with Gasteiger partial charge in [-0.15, -0.1) is 0 Å². The van der Waals surface area contributed by atoms with Crippen LogP contribution in [0.1, 0.15) is 67.7 Å². The van der Waals surface area contributed by atoms with Crippen molar-refractivity contribution in [2.24, 2.45) is 0 Å². The van der Waals surface area contributed by atoms with Crippen LogP contribution < -0.4 is 4.74 Å². The lowest BCUT2D eigenvalue weighted by Crippen LogP contribution is -1.99. The van der Waals surface area contributed by atoms with Crippen molar-refractivity contribution in [2.75, 3.05) is 6.61 Å². The van der Waals surface area contributed by atoms with Gasteiger partial charge in [0.05, 0.1) is 18.0 Å². The summed E-state index contributed by atoms with van der Waals surface area (Å²) in [4.78, 5) is 9.91. The Labute approximate surface area is 227 Å². The Morgan fingerprint density at radius 3 is 1.84 bits per heavy atom. The third-order valence-electron chi connectivity index (χ3n) is 7.02. The van der Waals surface area contributed by atoms with Gasteiger partial charge >= 0.3 is 0 Å². The van der Waals surface area contributed by atoms with Gasteiger partial charge < -0.3 is 9.84 Å². The van der Waals surface area contributed by atoms with Crippen molar-refractivity contribution < 1.29 is 9.84 Å². The predicted octanol–water partition coefficient (Wildman–Crippen LogP) is 9.16. The number of unbranched alkanes of at least 4 members (excludes halogenated alkanes) is 5. The Bertz CT molecular complexity index is 1320. The van der Waals surface area contributed by atoms with Gasteiger partial charge in [0.15, 0.2) is 5.82 Å². The molecule has 198 valence electrons. The number of aryl methyl sites for hydroxylation is 4. The van der Waals surface area contributed by atoms with Gasteiger partial charge in [0, 0.05) is 22.8 Å². The van der Waals surface area contributed by atoms with Crippen LogP contribution in [0.4, 0.5) is 0 Å². The van der Waals surface area contributed by atoms with Crippen molar-refractivity contribution in [1.82, 2.24) is 9.97 Å². The summed E-state index contributed by atoms with van der Waals surface area (Å²) in [6.45, 7) is 11.3. The molecule has 3 aromatic carbocycles. The average molecular weight is 509 g/mol. The highest BCUT2D eigenvalue weighted by Crippen LogP contribution is 2.35. The van der Waals surface area contributed by atoms with Gasteiger partial charge in [0.1, 0.15) is 11.5 Å². The molecule has 4 rings (SSSR count). The first-order valence-corrected chi connectivity index (χ1v) is 13.9. The smallest absolute Gasteiger partial charge is 0.160 e. The van der Waals surface area contributed by atoms with E-state index in [4.69, 9.17) is 14.7 Å². The Balaban J connectivity index is 1.65. The zero-order chi connectivity index (χ0) is 27.1. The third-order valence-corrected chi connectivity index (χ3v) is 7.02. The monoisotopic (exact) mass is 508 g/mol. The molecular formula is C34H40N2O2. The lowest BCUT2D eigenvalue weighted by Gasteiger charge is -2.14. The molecule has 0 bridgehead atoms. The first kappa shape index (κ1) is 27.4. The second kappa shape index (κ2) is 12.7. The standard InChI is InChI=1S/C34H40N2O2/c1-6-7-8-9-10-11-18-38-27-14-17-30(33(37)21-27)32-22-31(28-15-12-23(2)19-25(28)4)35-34(36-32)29-16-13-24(3)20-26(29)5/h12-17,19-22,37H,6-11,18H2,1-5H3. The Morgan fingerprint density at radius 1 is 0.632 bits per heavy atom. The molecule has 0 aliphatic carbocycles. The van der Waals surface area contributed by atoms with Crippen LogP contribution in [0.5, 0.6) is 11.5 Å². The summed E-state index contributed by atoms with van der Waals surface area (Å²) < 4.78 is 5.93. The van der Waals surface area contributed by atoms with Crippen LogP contribution in [0.2, 0.25) is 0 Å². The van der Waals surface area contributed by atoms with Gasteiger partial charge in [-0.05, 0) is 63.4 Å².